The molecule has 0 unspecified atom stereocenters. The Labute approximate surface area is 172 Å². The van der Waals surface area contributed by atoms with E-state index >= 15 is 0 Å². The number of rotatable bonds is 5. The van der Waals surface area contributed by atoms with Gasteiger partial charge in [0.05, 0.1) is 11.8 Å². The molecule has 2 aromatic carbocycles. The minimum atomic E-state index is -4.39. The molecule has 2 aromatic rings. The van der Waals surface area contributed by atoms with Crippen LogP contribution < -0.4 is 10.6 Å². The molecule has 0 saturated carbocycles. The van der Waals surface area contributed by atoms with Crippen LogP contribution >= 0.6 is 11.8 Å². The number of anilines is 1. The number of nitrogens with one attached hydrogen (secondary N) is 2. The number of hydrogen-bond acceptors (Lipinski definition) is 4. The van der Waals surface area contributed by atoms with Crippen molar-refractivity contribution in [3.05, 3.63) is 65.7 Å². The summed E-state index contributed by atoms with van der Waals surface area (Å²) in [5, 5.41) is 5.32. The molecule has 0 radical (unpaired) electrons. The normalized spacial score (nSPS) is 19.2. The van der Waals surface area contributed by atoms with Gasteiger partial charge >= 0.3 is 6.18 Å². The molecular formula is C21H22F3N3OS. The molecule has 0 aromatic heterocycles. The monoisotopic (exact) mass is 421 g/mol. The highest BCUT2D eigenvalue weighted by molar-refractivity contribution is 8.14. The van der Waals surface area contributed by atoms with Crippen molar-refractivity contribution in [2.75, 3.05) is 11.1 Å². The fourth-order valence-electron chi connectivity index (χ4n) is 3.00. The maximum absolute atomic E-state index is 13.3. The van der Waals surface area contributed by atoms with Crippen LogP contribution in [0.5, 0.6) is 0 Å². The van der Waals surface area contributed by atoms with Gasteiger partial charge in [0.2, 0.25) is 5.91 Å². The van der Waals surface area contributed by atoms with Crippen LogP contribution in [0, 0.1) is 0 Å². The molecule has 0 bridgehead atoms. The molecule has 0 fully saturated rings. The minimum Gasteiger partial charge on any atom is -0.353 e. The molecule has 4 nitrogen and oxygen atoms in total. The van der Waals surface area contributed by atoms with Crippen molar-refractivity contribution >= 4 is 28.5 Å². The zero-order valence-electron chi connectivity index (χ0n) is 15.9. The third kappa shape index (κ3) is 6.00. The molecule has 1 aliphatic heterocycles. The summed E-state index contributed by atoms with van der Waals surface area (Å²) in [4.78, 5) is 16.6. The Morgan fingerprint density at radius 2 is 1.86 bits per heavy atom. The number of amides is 1. The topological polar surface area (TPSA) is 53.5 Å². The van der Waals surface area contributed by atoms with Crippen molar-refractivity contribution in [3.63, 3.8) is 0 Å². The first-order chi connectivity index (χ1) is 13.8. The zero-order valence-corrected chi connectivity index (χ0v) is 16.7. The molecule has 1 aliphatic rings. The molecule has 1 heterocycles. The van der Waals surface area contributed by atoms with E-state index in [-0.39, 0.29) is 23.2 Å². The van der Waals surface area contributed by atoms with E-state index in [9.17, 15) is 18.0 Å². The number of aliphatic imine (C=N–C) groups is 1. The van der Waals surface area contributed by atoms with E-state index in [0.29, 0.717) is 5.69 Å². The summed E-state index contributed by atoms with van der Waals surface area (Å²) >= 11 is 0.978. The van der Waals surface area contributed by atoms with Gasteiger partial charge in [-0.1, -0.05) is 61.2 Å². The van der Waals surface area contributed by atoms with Crippen LogP contribution in [-0.4, -0.2) is 29.0 Å². The SMILES string of the molecule is CCc1ccc(NC(=O)CSC2=N[C@@H](c3ccccc3)C[C@@H](C(F)(F)F)N2)cc1. The summed E-state index contributed by atoms with van der Waals surface area (Å²) in [6, 6.07) is 14.1. The third-order valence-electron chi connectivity index (χ3n) is 4.60. The van der Waals surface area contributed by atoms with E-state index in [4.69, 9.17) is 0 Å². The average molecular weight is 421 g/mol. The Kier molecular flexibility index (Phi) is 6.84. The molecule has 0 saturated heterocycles. The van der Waals surface area contributed by atoms with Crippen LogP contribution in [0.2, 0.25) is 0 Å². The van der Waals surface area contributed by atoms with Gasteiger partial charge in [-0.2, -0.15) is 13.2 Å². The number of carbonyl (C=O) groups is 1. The van der Waals surface area contributed by atoms with Crippen LogP contribution in [0.3, 0.4) is 0 Å². The highest BCUT2D eigenvalue weighted by atomic mass is 32.2. The van der Waals surface area contributed by atoms with Crippen molar-refractivity contribution in [1.82, 2.24) is 5.32 Å². The largest absolute Gasteiger partial charge is 0.408 e. The highest BCUT2D eigenvalue weighted by Gasteiger charge is 2.43. The predicted molar refractivity (Wildman–Crippen MR) is 111 cm³/mol. The zero-order chi connectivity index (χ0) is 20.9. The van der Waals surface area contributed by atoms with E-state index in [1.165, 1.54) is 0 Å². The second-order valence-electron chi connectivity index (χ2n) is 6.72. The minimum absolute atomic E-state index is 0.0343. The Bertz CT molecular complexity index is 854. The summed E-state index contributed by atoms with van der Waals surface area (Å²) < 4.78 is 40.0. The Balaban J connectivity index is 1.65. The summed E-state index contributed by atoms with van der Waals surface area (Å²) in [5.74, 6) is -0.331. The second-order valence-corrected chi connectivity index (χ2v) is 7.69. The van der Waals surface area contributed by atoms with E-state index in [1.807, 2.05) is 37.3 Å². The van der Waals surface area contributed by atoms with Crippen LogP contribution in [-0.2, 0) is 11.2 Å². The highest BCUT2D eigenvalue weighted by Crippen LogP contribution is 2.34. The lowest BCUT2D eigenvalue weighted by atomic mass is 9.98. The first-order valence-electron chi connectivity index (χ1n) is 9.32. The van der Waals surface area contributed by atoms with Crippen LogP contribution in [0.1, 0.15) is 30.5 Å². The molecule has 8 heteroatoms. The smallest absolute Gasteiger partial charge is 0.353 e. The third-order valence-corrected chi connectivity index (χ3v) is 5.50. The summed E-state index contributed by atoms with van der Waals surface area (Å²) in [5.41, 5.74) is 2.53. The number of alkyl halides is 3. The van der Waals surface area contributed by atoms with Crippen molar-refractivity contribution in [2.45, 2.75) is 38.0 Å². The molecule has 0 spiro atoms. The molecule has 0 aliphatic carbocycles. The lowest BCUT2D eigenvalue weighted by Crippen LogP contribution is -2.48. The lowest BCUT2D eigenvalue weighted by Gasteiger charge is -2.31. The van der Waals surface area contributed by atoms with E-state index in [1.54, 1.807) is 24.3 Å². The molecular weight excluding hydrogens is 399 g/mol. The van der Waals surface area contributed by atoms with Crippen LogP contribution in [0.4, 0.5) is 18.9 Å². The first-order valence-corrected chi connectivity index (χ1v) is 10.3. The molecule has 3 rings (SSSR count). The number of halogens is 3. The maximum Gasteiger partial charge on any atom is 0.408 e. The van der Waals surface area contributed by atoms with Gasteiger partial charge < -0.3 is 10.6 Å². The average Bonchev–Trinajstić information content (AvgIpc) is 2.72. The van der Waals surface area contributed by atoms with Gasteiger partial charge in [0.1, 0.15) is 6.04 Å². The van der Waals surface area contributed by atoms with E-state index < -0.39 is 18.3 Å². The number of benzene rings is 2. The van der Waals surface area contributed by atoms with Gasteiger partial charge in [0.15, 0.2) is 5.17 Å². The van der Waals surface area contributed by atoms with Crippen molar-refractivity contribution < 1.29 is 18.0 Å². The number of amidine groups is 1. The Morgan fingerprint density at radius 1 is 1.17 bits per heavy atom. The Morgan fingerprint density at radius 3 is 2.48 bits per heavy atom. The molecule has 1 amide bonds. The molecule has 2 atom stereocenters. The van der Waals surface area contributed by atoms with Gasteiger partial charge in [-0.05, 0) is 29.7 Å². The molecule has 154 valence electrons. The van der Waals surface area contributed by atoms with Gasteiger partial charge in [-0.25, -0.2) is 0 Å². The quantitative estimate of drug-likeness (QED) is 0.719. The standard InChI is InChI=1S/C21H22F3N3OS/c1-2-14-8-10-16(11-9-14)25-19(28)13-29-20-26-17(15-6-4-3-5-7-15)12-18(27-20)21(22,23)24/h3-11,17-18H,2,12-13H2,1H3,(H,25,28)(H,26,27)/t17-,18+/m1/s1. The van der Waals surface area contributed by atoms with Crippen molar-refractivity contribution in [3.8, 4) is 0 Å². The number of thioether (sulfide) groups is 1. The van der Waals surface area contributed by atoms with Crippen LogP contribution in [0.25, 0.3) is 0 Å². The molecule has 29 heavy (non-hydrogen) atoms. The lowest BCUT2D eigenvalue weighted by molar-refractivity contribution is -0.155. The van der Waals surface area contributed by atoms with Crippen molar-refractivity contribution in [2.24, 2.45) is 4.99 Å². The maximum atomic E-state index is 13.3. The number of carbonyl (C=O) groups excluding carboxylic acids is 1. The van der Waals surface area contributed by atoms with Gasteiger partial charge in [-0.15, -0.1) is 0 Å². The summed E-state index contributed by atoms with van der Waals surface area (Å²) in [6.45, 7) is 2.04. The van der Waals surface area contributed by atoms with Gasteiger partial charge in [-0.3, -0.25) is 9.79 Å². The van der Waals surface area contributed by atoms with E-state index in [2.05, 4.69) is 15.6 Å². The second kappa shape index (κ2) is 9.35. The molecule has 2 N–H and O–H groups in total. The Hall–Kier alpha value is -2.48. The summed E-state index contributed by atoms with van der Waals surface area (Å²) in [7, 11) is 0. The van der Waals surface area contributed by atoms with Gasteiger partial charge in [0.25, 0.3) is 0 Å². The summed E-state index contributed by atoms with van der Waals surface area (Å²) in [6.07, 6.45) is -3.66. The number of aryl methyl sites for hydroxylation is 1. The fraction of sp³-hybridized carbons (Fsp3) is 0.333. The number of hydrogen-bond donors (Lipinski definition) is 2. The van der Waals surface area contributed by atoms with Gasteiger partial charge in [0, 0.05) is 12.1 Å². The fourth-order valence-corrected chi connectivity index (χ4v) is 3.77. The van der Waals surface area contributed by atoms with Crippen molar-refractivity contribution in [1.29, 1.82) is 0 Å². The number of nitrogens with zero attached hydrogens (tertiary/aromatic N) is 1. The van der Waals surface area contributed by atoms with E-state index in [0.717, 1.165) is 29.3 Å². The first kappa shape index (κ1) is 21.2. The predicted octanol–water partition coefficient (Wildman–Crippen LogP) is 4.94. The van der Waals surface area contributed by atoms with Crippen LogP contribution in [0.15, 0.2) is 59.6 Å².